The molecule has 0 amide bonds. The van der Waals surface area contributed by atoms with E-state index in [1.807, 2.05) is 36.6 Å². The van der Waals surface area contributed by atoms with Gasteiger partial charge < -0.3 is 18.8 Å². The Balaban J connectivity index is 1.46. The Hall–Kier alpha value is -4.21. The number of rotatable bonds is 7. The number of esters is 1. The van der Waals surface area contributed by atoms with E-state index in [0.717, 1.165) is 23.0 Å². The van der Waals surface area contributed by atoms with Crippen LogP contribution in [0.15, 0.2) is 36.4 Å². The standard InChI is InChI=1S/C23H21N3O7/c1-13-6-17(26(29)30)9-19(24-13)23(28)31-11-20(27)18-7-14(2)25(15(18)3)10-16-4-5-21-22(8-16)33-12-32-21/h4-9H,10-12H2,1-3H3. The van der Waals surface area contributed by atoms with E-state index in [0.29, 0.717) is 29.3 Å². The maximum atomic E-state index is 12.8. The molecule has 10 heteroatoms. The third kappa shape index (κ3) is 4.54. The van der Waals surface area contributed by atoms with Gasteiger partial charge in [0, 0.05) is 41.3 Å². The molecule has 33 heavy (non-hydrogen) atoms. The molecule has 0 saturated carbocycles. The summed E-state index contributed by atoms with van der Waals surface area (Å²) < 4.78 is 17.8. The number of fused-ring (bicyclic) bond motifs is 1. The zero-order valence-corrected chi connectivity index (χ0v) is 18.3. The molecule has 0 fully saturated rings. The molecule has 1 aliphatic rings. The number of Topliss-reactive ketones (excluding diaryl/α,β-unsaturated/α-hetero) is 1. The Labute approximate surface area is 188 Å². The lowest BCUT2D eigenvalue weighted by Crippen LogP contribution is -2.16. The van der Waals surface area contributed by atoms with Crippen molar-refractivity contribution in [2.24, 2.45) is 0 Å². The van der Waals surface area contributed by atoms with E-state index >= 15 is 0 Å². The zero-order valence-electron chi connectivity index (χ0n) is 18.3. The molecular formula is C23H21N3O7. The number of nitro groups is 1. The lowest BCUT2D eigenvalue weighted by Gasteiger charge is -2.11. The van der Waals surface area contributed by atoms with Gasteiger partial charge >= 0.3 is 5.97 Å². The molecule has 0 aliphatic carbocycles. The second-order valence-corrected chi connectivity index (χ2v) is 7.67. The van der Waals surface area contributed by atoms with Crippen molar-refractivity contribution >= 4 is 17.4 Å². The van der Waals surface area contributed by atoms with Crippen LogP contribution in [0.1, 0.15) is 43.5 Å². The molecule has 0 bridgehead atoms. The highest BCUT2D eigenvalue weighted by atomic mass is 16.7. The molecule has 1 aromatic carbocycles. The van der Waals surface area contributed by atoms with Crippen molar-refractivity contribution in [1.82, 2.24) is 9.55 Å². The van der Waals surface area contributed by atoms with Gasteiger partial charge in [-0.2, -0.15) is 0 Å². The number of aryl methyl sites for hydroxylation is 2. The zero-order chi connectivity index (χ0) is 23.7. The smallest absolute Gasteiger partial charge is 0.357 e. The van der Waals surface area contributed by atoms with Gasteiger partial charge in [-0.15, -0.1) is 0 Å². The molecule has 0 radical (unpaired) electrons. The number of hydrogen-bond donors (Lipinski definition) is 0. The predicted octanol–water partition coefficient (Wildman–Crippen LogP) is 3.53. The van der Waals surface area contributed by atoms with Gasteiger partial charge in [-0.25, -0.2) is 9.78 Å². The Morgan fingerprint density at radius 2 is 1.88 bits per heavy atom. The van der Waals surface area contributed by atoms with E-state index in [4.69, 9.17) is 14.2 Å². The molecular weight excluding hydrogens is 430 g/mol. The molecule has 0 unspecified atom stereocenters. The number of carbonyl (C=O) groups excluding carboxylic acids is 2. The second-order valence-electron chi connectivity index (χ2n) is 7.67. The van der Waals surface area contributed by atoms with Crippen LogP contribution in [0, 0.1) is 30.9 Å². The summed E-state index contributed by atoms with van der Waals surface area (Å²) in [6.45, 7) is 5.46. The van der Waals surface area contributed by atoms with Crippen LogP contribution in [0.2, 0.25) is 0 Å². The lowest BCUT2D eigenvalue weighted by atomic mass is 10.1. The Kier molecular flexibility index (Phi) is 5.82. The topological polar surface area (TPSA) is 123 Å². The van der Waals surface area contributed by atoms with Crippen LogP contribution in [0.4, 0.5) is 5.69 Å². The quantitative estimate of drug-likeness (QED) is 0.231. The Bertz CT molecular complexity index is 1280. The van der Waals surface area contributed by atoms with Crippen molar-refractivity contribution in [3.8, 4) is 11.5 Å². The molecule has 3 heterocycles. The molecule has 0 saturated heterocycles. The number of aromatic nitrogens is 2. The molecule has 1 aliphatic heterocycles. The van der Waals surface area contributed by atoms with Gasteiger partial charge in [0.05, 0.1) is 4.92 Å². The molecule has 10 nitrogen and oxygen atoms in total. The Morgan fingerprint density at radius 1 is 1.12 bits per heavy atom. The van der Waals surface area contributed by atoms with E-state index in [9.17, 15) is 19.7 Å². The Morgan fingerprint density at radius 3 is 2.64 bits per heavy atom. The summed E-state index contributed by atoms with van der Waals surface area (Å²) in [7, 11) is 0. The van der Waals surface area contributed by atoms with Gasteiger partial charge in [0.25, 0.3) is 5.69 Å². The van der Waals surface area contributed by atoms with Gasteiger partial charge in [-0.05, 0) is 44.5 Å². The fraction of sp³-hybridized carbons (Fsp3) is 0.261. The minimum atomic E-state index is -0.899. The van der Waals surface area contributed by atoms with Crippen LogP contribution >= 0.6 is 0 Å². The molecule has 3 aromatic rings. The fourth-order valence-electron chi connectivity index (χ4n) is 3.69. The number of benzene rings is 1. The third-order valence-corrected chi connectivity index (χ3v) is 5.34. The number of hydrogen-bond acceptors (Lipinski definition) is 8. The summed E-state index contributed by atoms with van der Waals surface area (Å²) in [5.41, 5.74) is 2.83. The van der Waals surface area contributed by atoms with Gasteiger partial charge in [0.1, 0.15) is 0 Å². The number of ether oxygens (including phenoxy) is 3. The van der Waals surface area contributed by atoms with Gasteiger partial charge in [0.2, 0.25) is 12.6 Å². The van der Waals surface area contributed by atoms with E-state index in [1.165, 1.54) is 13.0 Å². The molecule has 0 spiro atoms. The van der Waals surface area contributed by atoms with Gasteiger partial charge in [-0.1, -0.05) is 6.07 Å². The highest BCUT2D eigenvalue weighted by molar-refractivity contribution is 6.00. The first-order chi connectivity index (χ1) is 15.7. The van der Waals surface area contributed by atoms with Crippen LogP contribution in [0.5, 0.6) is 11.5 Å². The van der Waals surface area contributed by atoms with E-state index in [2.05, 4.69) is 4.98 Å². The second kappa shape index (κ2) is 8.73. The molecule has 2 aromatic heterocycles. The van der Waals surface area contributed by atoms with E-state index in [1.54, 1.807) is 6.07 Å². The average molecular weight is 451 g/mol. The summed E-state index contributed by atoms with van der Waals surface area (Å²) in [6, 6.07) is 9.70. The number of carbonyl (C=O) groups is 2. The highest BCUT2D eigenvalue weighted by Gasteiger charge is 2.21. The predicted molar refractivity (Wildman–Crippen MR) is 116 cm³/mol. The summed E-state index contributed by atoms with van der Waals surface area (Å²) in [4.78, 5) is 39.4. The van der Waals surface area contributed by atoms with Crippen LogP contribution in [0.25, 0.3) is 0 Å². The van der Waals surface area contributed by atoms with Crippen molar-refractivity contribution in [2.75, 3.05) is 13.4 Å². The number of pyridine rings is 1. The van der Waals surface area contributed by atoms with Crippen molar-refractivity contribution in [3.05, 3.63) is 80.4 Å². The highest BCUT2D eigenvalue weighted by Crippen LogP contribution is 2.33. The molecule has 0 N–H and O–H groups in total. The SMILES string of the molecule is Cc1cc([N+](=O)[O-])cc(C(=O)OCC(=O)c2cc(C)n(Cc3ccc4c(c3)OCO4)c2C)n1. The molecule has 170 valence electrons. The van der Waals surface area contributed by atoms with Crippen molar-refractivity contribution in [2.45, 2.75) is 27.3 Å². The van der Waals surface area contributed by atoms with Crippen molar-refractivity contribution in [1.29, 1.82) is 0 Å². The lowest BCUT2D eigenvalue weighted by molar-refractivity contribution is -0.385. The van der Waals surface area contributed by atoms with E-state index in [-0.39, 0.29) is 24.0 Å². The largest absolute Gasteiger partial charge is 0.454 e. The van der Waals surface area contributed by atoms with Gasteiger partial charge in [-0.3, -0.25) is 14.9 Å². The minimum absolute atomic E-state index is 0.198. The van der Waals surface area contributed by atoms with Crippen LogP contribution < -0.4 is 9.47 Å². The van der Waals surface area contributed by atoms with Crippen LogP contribution in [-0.4, -0.2) is 39.6 Å². The molecule has 0 atom stereocenters. The summed E-state index contributed by atoms with van der Waals surface area (Å²) in [5.74, 6) is 0.105. The monoisotopic (exact) mass is 451 g/mol. The minimum Gasteiger partial charge on any atom is -0.454 e. The maximum Gasteiger partial charge on any atom is 0.357 e. The first kappa shape index (κ1) is 22.0. The normalized spacial score (nSPS) is 12.0. The van der Waals surface area contributed by atoms with E-state index < -0.39 is 17.5 Å². The number of ketones is 1. The van der Waals surface area contributed by atoms with Crippen molar-refractivity contribution in [3.63, 3.8) is 0 Å². The fourth-order valence-corrected chi connectivity index (χ4v) is 3.69. The van der Waals surface area contributed by atoms with Crippen LogP contribution in [0.3, 0.4) is 0 Å². The third-order valence-electron chi connectivity index (χ3n) is 5.34. The first-order valence-corrected chi connectivity index (χ1v) is 10.1. The van der Waals surface area contributed by atoms with Crippen LogP contribution in [-0.2, 0) is 11.3 Å². The average Bonchev–Trinajstić information content (AvgIpc) is 3.36. The summed E-state index contributed by atoms with van der Waals surface area (Å²) >= 11 is 0. The number of nitrogens with zero attached hydrogens (tertiary/aromatic N) is 3. The first-order valence-electron chi connectivity index (χ1n) is 10.1. The molecule has 4 rings (SSSR count). The van der Waals surface area contributed by atoms with Gasteiger partial charge in [0.15, 0.2) is 23.8 Å². The summed E-state index contributed by atoms with van der Waals surface area (Å²) in [6.07, 6.45) is 0. The maximum absolute atomic E-state index is 12.8. The summed E-state index contributed by atoms with van der Waals surface area (Å²) in [5, 5.41) is 11.0. The van der Waals surface area contributed by atoms with Crippen molar-refractivity contribution < 1.29 is 28.7 Å².